The topological polar surface area (TPSA) is 85.4 Å². The molecule has 0 unspecified atom stereocenters. The lowest BCUT2D eigenvalue weighted by molar-refractivity contribution is -0.274. The number of amides is 1. The number of hydrogen-bond acceptors (Lipinski definition) is 6. The van der Waals surface area contributed by atoms with Gasteiger partial charge in [0.1, 0.15) is 11.5 Å². The van der Waals surface area contributed by atoms with E-state index in [1.807, 2.05) is 6.07 Å². The van der Waals surface area contributed by atoms with E-state index in [1.165, 1.54) is 12.1 Å². The van der Waals surface area contributed by atoms with Gasteiger partial charge in [-0.1, -0.05) is 12.1 Å². The van der Waals surface area contributed by atoms with Crippen molar-refractivity contribution >= 4 is 28.3 Å². The molecule has 2 N–H and O–H groups in total. The van der Waals surface area contributed by atoms with Gasteiger partial charge in [-0.05, 0) is 59.3 Å². The largest absolute Gasteiger partial charge is 0.573 e. The van der Waals surface area contributed by atoms with E-state index in [0.29, 0.717) is 34.2 Å². The summed E-state index contributed by atoms with van der Waals surface area (Å²) < 4.78 is 46.5. The van der Waals surface area contributed by atoms with Gasteiger partial charge >= 0.3 is 6.36 Å². The van der Waals surface area contributed by atoms with Crippen molar-refractivity contribution in [3.05, 3.63) is 78.5 Å². The Morgan fingerprint density at radius 1 is 0.970 bits per heavy atom. The predicted molar refractivity (Wildman–Crippen MR) is 117 cm³/mol. The van der Waals surface area contributed by atoms with Crippen LogP contribution in [0.15, 0.2) is 72.9 Å². The van der Waals surface area contributed by atoms with Crippen LogP contribution in [0.2, 0.25) is 0 Å². The van der Waals surface area contributed by atoms with Gasteiger partial charge in [0.15, 0.2) is 0 Å². The smallest absolute Gasteiger partial charge is 0.439 e. The second-order valence-corrected chi connectivity index (χ2v) is 6.79. The summed E-state index contributed by atoms with van der Waals surface area (Å²) in [5.41, 5.74) is 0.727. The molecule has 0 bridgehead atoms. The number of hydrogen-bond donors (Lipinski definition) is 2. The average molecular weight is 454 g/mol. The van der Waals surface area contributed by atoms with Crippen LogP contribution >= 0.6 is 0 Å². The molecule has 4 aromatic rings. The van der Waals surface area contributed by atoms with Crippen molar-refractivity contribution in [3.8, 4) is 17.4 Å². The Balaban J connectivity index is 1.52. The molecule has 0 aliphatic carbocycles. The SMILES string of the molecule is CNc1nccc(Oc2ccc3c(C(=O)Nc4ccc(OC(F)(F)F)cc4)cccc3c2)n1. The van der Waals surface area contributed by atoms with Crippen LogP contribution in [0.25, 0.3) is 10.8 Å². The summed E-state index contributed by atoms with van der Waals surface area (Å²) in [7, 11) is 1.70. The van der Waals surface area contributed by atoms with E-state index in [2.05, 4.69) is 25.3 Å². The highest BCUT2D eigenvalue weighted by Gasteiger charge is 2.31. The molecule has 0 aliphatic rings. The van der Waals surface area contributed by atoms with E-state index in [0.717, 1.165) is 17.5 Å². The molecule has 0 aliphatic heterocycles. The summed E-state index contributed by atoms with van der Waals surface area (Å²) in [6.07, 6.45) is -3.21. The Morgan fingerprint density at radius 2 is 1.73 bits per heavy atom. The van der Waals surface area contributed by atoms with Crippen molar-refractivity contribution in [3.63, 3.8) is 0 Å². The fraction of sp³-hybridized carbons (Fsp3) is 0.0870. The molecule has 7 nitrogen and oxygen atoms in total. The minimum Gasteiger partial charge on any atom is -0.439 e. The second kappa shape index (κ2) is 9.03. The third kappa shape index (κ3) is 5.48. The van der Waals surface area contributed by atoms with Gasteiger partial charge in [0.05, 0.1) is 0 Å². The monoisotopic (exact) mass is 454 g/mol. The van der Waals surface area contributed by atoms with Gasteiger partial charge in [0.2, 0.25) is 11.8 Å². The number of carbonyl (C=O) groups excluding carboxylic acids is 1. The van der Waals surface area contributed by atoms with E-state index in [-0.39, 0.29) is 5.75 Å². The van der Waals surface area contributed by atoms with Crippen molar-refractivity contribution in [2.75, 3.05) is 17.7 Å². The first-order chi connectivity index (χ1) is 15.8. The molecule has 33 heavy (non-hydrogen) atoms. The third-order valence-corrected chi connectivity index (χ3v) is 4.52. The Morgan fingerprint density at radius 3 is 2.45 bits per heavy atom. The molecule has 168 valence electrons. The normalized spacial score (nSPS) is 11.2. The Kier molecular flexibility index (Phi) is 5.99. The van der Waals surface area contributed by atoms with Crippen LogP contribution < -0.4 is 20.1 Å². The van der Waals surface area contributed by atoms with Gasteiger partial charge in [0.25, 0.3) is 5.91 Å². The first kappa shape index (κ1) is 21.9. The maximum absolute atomic E-state index is 12.8. The number of carbonyl (C=O) groups is 1. The number of anilines is 2. The lowest BCUT2D eigenvalue weighted by atomic mass is 10.0. The summed E-state index contributed by atoms with van der Waals surface area (Å²) in [6, 6.07) is 17.0. The number of fused-ring (bicyclic) bond motifs is 1. The number of halogens is 3. The summed E-state index contributed by atoms with van der Waals surface area (Å²) in [6.45, 7) is 0. The zero-order valence-corrected chi connectivity index (χ0v) is 17.2. The quantitative estimate of drug-likeness (QED) is 0.394. The number of aromatic nitrogens is 2. The number of ether oxygens (including phenoxy) is 2. The van der Waals surface area contributed by atoms with Crippen molar-refractivity contribution < 1.29 is 27.4 Å². The molecule has 10 heteroatoms. The van der Waals surface area contributed by atoms with Gasteiger partial charge in [0, 0.05) is 30.6 Å². The highest BCUT2D eigenvalue weighted by Crippen LogP contribution is 2.28. The fourth-order valence-corrected chi connectivity index (χ4v) is 3.10. The van der Waals surface area contributed by atoms with Crippen LogP contribution in [0.5, 0.6) is 17.4 Å². The first-order valence-corrected chi connectivity index (χ1v) is 9.69. The molecule has 3 aromatic carbocycles. The number of rotatable bonds is 6. The van der Waals surface area contributed by atoms with Crippen LogP contribution in [0.4, 0.5) is 24.8 Å². The Hall–Kier alpha value is -4.34. The van der Waals surface area contributed by atoms with Crippen LogP contribution in [-0.4, -0.2) is 29.3 Å². The maximum atomic E-state index is 12.8. The first-order valence-electron chi connectivity index (χ1n) is 9.69. The van der Waals surface area contributed by atoms with Gasteiger partial charge in [-0.2, -0.15) is 4.98 Å². The highest BCUT2D eigenvalue weighted by molar-refractivity contribution is 6.13. The molecular formula is C23H17F3N4O3. The number of benzene rings is 3. The molecule has 0 fully saturated rings. The molecule has 0 saturated carbocycles. The lowest BCUT2D eigenvalue weighted by Crippen LogP contribution is -2.17. The lowest BCUT2D eigenvalue weighted by Gasteiger charge is -2.11. The van der Waals surface area contributed by atoms with Crippen molar-refractivity contribution in [2.45, 2.75) is 6.36 Å². The minimum absolute atomic E-state index is 0.329. The zero-order valence-electron chi connectivity index (χ0n) is 17.2. The van der Waals surface area contributed by atoms with Crippen molar-refractivity contribution in [1.29, 1.82) is 0 Å². The zero-order chi connectivity index (χ0) is 23.4. The molecule has 1 aromatic heterocycles. The van der Waals surface area contributed by atoms with Crippen LogP contribution in [0.1, 0.15) is 10.4 Å². The van der Waals surface area contributed by atoms with Crippen LogP contribution in [0.3, 0.4) is 0 Å². The van der Waals surface area contributed by atoms with E-state index < -0.39 is 12.3 Å². The van der Waals surface area contributed by atoms with E-state index >= 15 is 0 Å². The molecule has 1 amide bonds. The second-order valence-electron chi connectivity index (χ2n) is 6.79. The van der Waals surface area contributed by atoms with Crippen LogP contribution in [0, 0.1) is 0 Å². The van der Waals surface area contributed by atoms with Crippen LogP contribution in [-0.2, 0) is 0 Å². The molecule has 0 spiro atoms. The Bertz CT molecular complexity index is 1290. The maximum Gasteiger partial charge on any atom is 0.573 e. The van der Waals surface area contributed by atoms with Gasteiger partial charge in [-0.3, -0.25) is 4.79 Å². The fourth-order valence-electron chi connectivity index (χ4n) is 3.10. The van der Waals surface area contributed by atoms with Gasteiger partial charge in [-0.15, -0.1) is 13.2 Å². The number of nitrogens with zero attached hydrogens (tertiary/aromatic N) is 2. The van der Waals surface area contributed by atoms with Crippen molar-refractivity contribution in [2.24, 2.45) is 0 Å². The predicted octanol–water partition coefficient (Wildman–Crippen LogP) is 5.61. The average Bonchev–Trinajstić information content (AvgIpc) is 2.79. The molecule has 1 heterocycles. The molecule has 4 rings (SSSR count). The molecule has 0 atom stereocenters. The number of nitrogens with one attached hydrogen (secondary N) is 2. The minimum atomic E-state index is -4.78. The van der Waals surface area contributed by atoms with Crippen molar-refractivity contribution in [1.82, 2.24) is 9.97 Å². The summed E-state index contributed by atoms with van der Waals surface area (Å²) in [4.78, 5) is 21.0. The summed E-state index contributed by atoms with van der Waals surface area (Å²) in [5.74, 6) is 0.531. The summed E-state index contributed by atoms with van der Waals surface area (Å²) >= 11 is 0. The summed E-state index contributed by atoms with van der Waals surface area (Å²) in [5, 5.41) is 6.95. The van der Waals surface area contributed by atoms with Gasteiger partial charge < -0.3 is 20.1 Å². The van der Waals surface area contributed by atoms with E-state index in [9.17, 15) is 18.0 Å². The van der Waals surface area contributed by atoms with E-state index in [1.54, 1.807) is 49.6 Å². The molecule has 0 radical (unpaired) electrons. The molecule has 0 saturated heterocycles. The highest BCUT2D eigenvalue weighted by atomic mass is 19.4. The third-order valence-electron chi connectivity index (χ3n) is 4.52. The van der Waals surface area contributed by atoms with E-state index in [4.69, 9.17) is 4.74 Å². The Labute approximate surface area is 186 Å². The standard InChI is InChI=1S/C23H17F3N4O3/c1-27-22-28-12-11-20(30-22)32-17-9-10-18-14(13-17)3-2-4-19(18)21(31)29-15-5-7-16(8-6-15)33-23(24,25)26/h2-13H,1H3,(H,29,31)(H,27,28,30). The van der Waals surface area contributed by atoms with Gasteiger partial charge in [-0.25, -0.2) is 4.98 Å². The number of alkyl halides is 3. The molecular weight excluding hydrogens is 437 g/mol.